The van der Waals surface area contributed by atoms with E-state index >= 15 is 0 Å². The third-order valence-corrected chi connectivity index (χ3v) is 4.01. The topological polar surface area (TPSA) is 56.0 Å². The van der Waals surface area contributed by atoms with Crippen LogP contribution in [0, 0.1) is 17.2 Å². The van der Waals surface area contributed by atoms with Gasteiger partial charge in [-0.3, -0.25) is 0 Å². The molecular formula is C13H20N2OS. The van der Waals surface area contributed by atoms with Gasteiger partial charge >= 0.3 is 0 Å². The second-order valence-electron chi connectivity index (χ2n) is 4.15. The van der Waals surface area contributed by atoms with Crippen molar-refractivity contribution in [2.24, 2.45) is 5.92 Å². The number of thiophene rings is 1. The quantitative estimate of drug-likeness (QED) is 0.784. The van der Waals surface area contributed by atoms with Gasteiger partial charge in [-0.15, -0.1) is 11.3 Å². The van der Waals surface area contributed by atoms with Gasteiger partial charge in [-0.2, -0.15) is 5.26 Å². The largest absolute Gasteiger partial charge is 0.392 e. The smallest absolute Gasteiger partial charge is 0.110 e. The Kier molecular flexibility index (Phi) is 6.20. The molecule has 1 aromatic heterocycles. The monoisotopic (exact) mass is 252 g/mol. The highest BCUT2D eigenvalue weighted by Gasteiger charge is 2.14. The second-order valence-corrected chi connectivity index (χ2v) is 5.32. The van der Waals surface area contributed by atoms with Crippen molar-refractivity contribution in [2.75, 3.05) is 6.54 Å². The highest BCUT2D eigenvalue weighted by molar-refractivity contribution is 7.12. The molecule has 0 aliphatic carbocycles. The van der Waals surface area contributed by atoms with Crippen LogP contribution in [0.5, 0.6) is 0 Å². The van der Waals surface area contributed by atoms with E-state index in [1.165, 1.54) is 11.3 Å². The maximum Gasteiger partial charge on any atom is 0.110 e. The minimum absolute atomic E-state index is 0.277. The molecule has 0 fully saturated rings. The standard InChI is InChI=1S/C13H20N2OS/c1-3-10(4-2)13(16)9-15-8-12-6-5-11(7-14)17-12/h5-6,10,13,15-16H,3-4,8-9H2,1-2H3. The van der Waals surface area contributed by atoms with Crippen molar-refractivity contribution in [3.63, 3.8) is 0 Å². The van der Waals surface area contributed by atoms with Crippen molar-refractivity contribution in [2.45, 2.75) is 39.3 Å². The third kappa shape index (κ3) is 4.47. The minimum Gasteiger partial charge on any atom is -0.392 e. The molecular weight excluding hydrogens is 232 g/mol. The summed E-state index contributed by atoms with van der Waals surface area (Å²) in [6.45, 7) is 5.56. The number of rotatable bonds is 7. The summed E-state index contributed by atoms with van der Waals surface area (Å²) in [5, 5.41) is 21.9. The molecule has 0 bridgehead atoms. The normalized spacial score (nSPS) is 12.6. The predicted molar refractivity (Wildman–Crippen MR) is 70.8 cm³/mol. The van der Waals surface area contributed by atoms with Gasteiger partial charge in [-0.25, -0.2) is 0 Å². The Labute approximate surface area is 107 Å². The van der Waals surface area contributed by atoms with E-state index in [1.807, 2.05) is 12.1 Å². The summed E-state index contributed by atoms with van der Waals surface area (Å²) >= 11 is 1.50. The van der Waals surface area contributed by atoms with Crippen molar-refractivity contribution in [1.29, 1.82) is 5.26 Å². The number of nitriles is 1. The van der Waals surface area contributed by atoms with E-state index in [1.54, 1.807) is 0 Å². The van der Waals surface area contributed by atoms with Gasteiger partial charge in [0.2, 0.25) is 0 Å². The van der Waals surface area contributed by atoms with Gasteiger partial charge < -0.3 is 10.4 Å². The molecule has 0 amide bonds. The Balaban J connectivity index is 2.30. The van der Waals surface area contributed by atoms with E-state index < -0.39 is 0 Å². The lowest BCUT2D eigenvalue weighted by molar-refractivity contribution is 0.101. The molecule has 2 N–H and O–H groups in total. The first-order chi connectivity index (χ1) is 8.21. The van der Waals surface area contributed by atoms with E-state index in [9.17, 15) is 5.11 Å². The molecule has 0 radical (unpaired) electrons. The van der Waals surface area contributed by atoms with Crippen LogP contribution in [0.2, 0.25) is 0 Å². The van der Waals surface area contributed by atoms with Crippen LogP contribution in [0.15, 0.2) is 12.1 Å². The molecule has 1 aromatic rings. The number of nitrogens with one attached hydrogen (secondary N) is 1. The van der Waals surface area contributed by atoms with Crippen LogP contribution in [0.25, 0.3) is 0 Å². The molecule has 0 saturated heterocycles. The van der Waals surface area contributed by atoms with E-state index in [2.05, 4.69) is 25.2 Å². The number of hydrogen-bond acceptors (Lipinski definition) is 4. The van der Waals surface area contributed by atoms with Crippen molar-refractivity contribution in [1.82, 2.24) is 5.32 Å². The van der Waals surface area contributed by atoms with Gasteiger partial charge in [0.1, 0.15) is 10.9 Å². The fraction of sp³-hybridized carbons (Fsp3) is 0.615. The lowest BCUT2D eigenvalue weighted by Crippen LogP contribution is -2.32. The highest BCUT2D eigenvalue weighted by atomic mass is 32.1. The Morgan fingerprint density at radius 2 is 2.12 bits per heavy atom. The second kappa shape index (κ2) is 7.44. The predicted octanol–water partition coefficient (Wildman–Crippen LogP) is 2.51. The van der Waals surface area contributed by atoms with Crippen LogP contribution in [0.1, 0.15) is 36.4 Å². The van der Waals surface area contributed by atoms with Gasteiger partial charge in [-0.1, -0.05) is 26.7 Å². The van der Waals surface area contributed by atoms with Gasteiger partial charge in [0.15, 0.2) is 0 Å². The fourth-order valence-electron chi connectivity index (χ4n) is 1.88. The van der Waals surface area contributed by atoms with Crippen molar-refractivity contribution in [3.05, 3.63) is 21.9 Å². The molecule has 94 valence electrons. The number of hydrogen-bond donors (Lipinski definition) is 2. The Bertz CT molecular complexity index is 366. The summed E-state index contributed by atoms with van der Waals surface area (Å²) in [5.41, 5.74) is 0. The molecule has 1 unspecified atom stereocenters. The molecule has 0 aliphatic heterocycles. The zero-order valence-corrected chi connectivity index (χ0v) is 11.3. The molecule has 1 atom stereocenters. The van der Waals surface area contributed by atoms with Crippen LogP contribution in [-0.2, 0) is 6.54 Å². The first kappa shape index (κ1) is 14.2. The molecule has 0 aliphatic rings. The molecule has 1 rings (SSSR count). The molecule has 1 heterocycles. The van der Waals surface area contributed by atoms with E-state index in [0.29, 0.717) is 12.5 Å². The van der Waals surface area contributed by atoms with Gasteiger partial charge in [0, 0.05) is 18.0 Å². The van der Waals surface area contributed by atoms with Crippen LogP contribution >= 0.6 is 11.3 Å². The maximum absolute atomic E-state index is 9.93. The fourth-order valence-corrected chi connectivity index (χ4v) is 2.65. The lowest BCUT2D eigenvalue weighted by atomic mass is 9.97. The molecule has 17 heavy (non-hydrogen) atoms. The molecule has 4 heteroatoms. The van der Waals surface area contributed by atoms with Crippen molar-refractivity contribution < 1.29 is 5.11 Å². The summed E-state index contributed by atoms with van der Waals surface area (Å²) < 4.78 is 0. The molecule has 0 spiro atoms. The van der Waals surface area contributed by atoms with E-state index in [0.717, 1.165) is 29.1 Å². The average Bonchev–Trinajstić information content (AvgIpc) is 2.78. The van der Waals surface area contributed by atoms with Gasteiger partial charge in [-0.05, 0) is 18.1 Å². The Morgan fingerprint density at radius 3 is 2.65 bits per heavy atom. The summed E-state index contributed by atoms with van der Waals surface area (Å²) in [5.74, 6) is 0.375. The van der Waals surface area contributed by atoms with Crippen LogP contribution < -0.4 is 5.32 Å². The van der Waals surface area contributed by atoms with E-state index in [4.69, 9.17) is 5.26 Å². The maximum atomic E-state index is 9.93. The van der Waals surface area contributed by atoms with Crippen LogP contribution in [0.3, 0.4) is 0 Å². The highest BCUT2D eigenvalue weighted by Crippen LogP contribution is 2.15. The van der Waals surface area contributed by atoms with Crippen LogP contribution in [-0.4, -0.2) is 17.8 Å². The summed E-state index contributed by atoms with van der Waals surface area (Å²) in [4.78, 5) is 1.88. The summed E-state index contributed by atoms with van der Waals surface area (Å²) in [7, 11) is 0. The number of aliphatic hydroxyl groups is 1. The van der Waals surface area contributed by atoms with E-state index in [-0.39, 0.29) is 6.10 Å². The third-order valence-electron chi connectivity index (χ3n) is 3.02. The number of nitrogens with zero attached hydrogens (tertiary/aromatic N) is 1. The summed E-state index contributed by atoms with van der Waals surface area (Å²) in [6.07, 6.45) is 1.74. The summed E-state index contributed by atoms with van der Waals surface area (Å²) in [6, 6.07) is 5.91. The van der Waals surface area contributed by atoms with Gasteiger partial charge in [0.25, 0.3) is 0 Å². The molecule has 0 saturated carbocycles. The van der Waals surface area contributed by atoms with Crippen molar-refractivity contribution in [3.8, 4) is 6.07 Å². The minimum atomic E-state index is -0.277. The number of aliphatic hydroxyl groups excluding tert-OH is 1. The zero-order chi connectivity index (χ0) is 12.7. The van der Waals surface area contributed by atoms with Crippen molar-refractivity contribution >= 4 is 11.3 Å². The Morgan fingerprint density at radius 1 is 1.41 bits per heavy atom. The molecule has 3 nitrogen and oxygen atoms in total. The zero-order valence-electron chi connectivity index (χ0n) is 10.4. The first-order valence-electron chi connectivity index (χ1n) is 6.08. The Hall–Kier alpha value is -0.890. The SMILES string of the molecule is CCC(CC)C(O)CNCc1ccc(C#N)s1. The van der Waals surface area contributed by atoms with Crippen LogP contribution in [0.4, 0.5) is 0 Å². The lowest BCUT2D eigenvalue weighted by Gasteiger charge is -2.20. The first-order valence-corrected chi connectivity index (χ1v) is 6.90. The molecule has 0 aromatic carbocycles. The van der Waals surface area contributed by atoms with Gasteiger partial charge in [0.05, 0.1) is 6.10 Å². The average molecular weight is 252 g/mol.